The molecule has 17 heavy (non-hydrogen) atoms. The molecule has 3 nitrogen and oxygen atoms in total. The maximum absolute atomic E-state index is 6.07. The maximum Gasteiger partial charge on any atom is 0.640 e. The lowest BCUT2D eigenvalue weighted by Gasteiger charge is -2.53. The van der Waals surface area contributed by atoms with E-state index in [9.17, 15) is 0 Å². The molecule has 3 atom stereocenters. The van der Waals surface area contributed by atoms with Crippen molar-refractivity contribution in [1.29, 1.82) is 0 Å². The first-order valence-corrected chi connectivity index (χ1v) is 6.74. The van der Waals surface area contributed by atoms with E-state index < -0.39 is 7.32 Å². The molecule has 2 aliphatic rings. The first kappa shape index (κ1) is 13.4. The molecular weight excluding hydrogens is 215 g/mol. The second kappa shape index (κ2) is 4.25. The molecule has 1 saturated heterocycles. The van der Waals surface area contributed by atoms with Gasteiger partial charge in [-0.3, -0.25) is 0 Å². The summed E-state index contributed by atoms with van der Waals surface area (Å²) >= 11 is 0. The van der Waals surface area contributed by atoms with E-state index >= 15 is 0 Å². The molecule has 0 N–H and O–H groups in total. The minimum atomic E-state index is -0.494. The largest absolute Gasteiger partial charge is 0.640 e. The van der Waals surface area contributed by atoms with Crippen LogP contribution >= 0.6 is 0 Å². The number of hydrogen-bond donors (Lipinski definition) is 0. The standard InChI is InChI=1S/C13H25BO3/c1-9(2)15-14-16-10(3)13(6,17-14)11-7-8-12(11,4)5/h9-11H,7-8H2,1-6H3/t10?,11?,13-/m1/s1. The second-order valence-electron chi connectivity index (χ2n) is 6.63. The molecule has 98 valence electrons. The highest BCUT2D eigenvalue weighted by molar-refractivity contribution is 6.37. The Kier molecular flexibility index (Phi) is 3.35. The predicted octanol–water partition coefficient (Wildman–Crippen LogP) is 3.03. The van der Waals surface area contributed by atoms with Crippen molar-refractivity contribution in [3.63, 3.8) is 0 Å². The Morgan fingerprint density at radius 3 is 2.35 bits per heavy atom. The fourth-order valence-corrected chi connectivity index (χ4v) is 3.21. The number of rotatable bonds is 3. The summed E-state index contributed by atoms with van der Waals surface area (Å²) in [6, 6.07) is 0. The highest BCUT2D eigenvalue weighted by Gasteiger charge is 2.59. The Morgan fingerprint density at radius 2 is 1.94 bits per heavy atom. The molecule has 1 saturated carbocycles. The van der Waals surface area contributed by atoms with Crippen LogP contribution in [0.2, 0.25) is 0 Å². The Balaban J connectivity index is 2.05. The lowest BCUT2D eigenvalue weighted by atomic mass is 9.55. The summed E-state index contributed by atoms with van der Waals surface area (Å²) in [6.45, 7) is 12.9. The Hall–Kier alpha value is -0.0551. The SMILES string of the molecule is CC(C)OB1OC(C)[C@](C)(C2CCC2(C)C)O1. The van der Waals surface area contributed by atoms with Crippen LogP contribution in [0.3, 0.4) is 0 Å². The second-order valence-corrected chi connectivity index (χ2v) is 6.63. The molecule has 4 heteroatoms. The molecule has 0 radical (unpaired) electrons. The zero-order valence-electron chi connectivity index (χ0n) is 11.9. The third kappa shape index (κ3) is 2.27. The van der Waals surface area contributed by atoms with Gasteiger partial charge in [-0.15, -0.1) is 0 Å². The minimum absolute atomic E-state index is 0.0934. The summed E-state index contributed by atoms with van der Waals surface area (Å²) in [5.41, 5.74) is 0.153. The topological polar surface area (TPSA) is 27.7 Å². The first-order valence-electron chi connectivity index (χ1n) is 6.74. The quantitative estimate of drug-likeness (QED) is 0.709. The van der Waals surface area contributed by atoms with Gasteiger partial charge in [-0.1, -0.05) is 13.8 Å². The fraction of sp³-hybridized carbons (Fsp3) is 1.00. The van der Waals surface area contributed by atoms with Crippen LogP contribution in [-0.4, -0.2) is 25.1 Å². The van der Waals surface area contributed by atoms with Gasteiger partial charge in [-0.2, -0.15) is 0 Å². The van der Waals surface area contributed by atoms with Crippen molar-refractivity contribution in [1.82, 2.24) is 0 Å². The molecule has 1 aliphatic carbocycles. The fourth-order valence-electron chi connectivity index (χ4n) is 3.21. The highest BCUT2D eigenvalue weighted by Crippen LogP contribution is 2.55. The molecule has 1 aliphatic heterocycles. The molecule has 0 aromatic rings. The minimum Gasteiger partial charge on any atom is -0.384 e. The van der Waals surface area contributed by atoms with Crippen LogP contribution in [0.4, 0.5) is 0 Å². The molecular formula is C13H25BO3. The van der Waals surface area contributed by atoms with Gasteiger partial charge in [0.2, 0.25) is 0 Å². The molecule has 0 bridgehead atoms. The third-order valence-corrected chi connectivity index (χ3v) is 4.57. The molecule has 0 amide bonds. The van der Waals surface area contributed by atoms with Crippen molar-refractivity contribution >= 4 is 7.32 Å². The third-order valence-electron chi connectivity index (χ3n) is 4.57. The summed E-state index contributed by atoms with van der Waals surface area (Å²) in [5, 5.41) is 0. The molecule has 2 fully saturated rings. The van der Waals surface area contributed by atoms with Crippen LogP contribution < -0.4 is 0 Å². The van der Waals surface area contributed by atoms with E-state index in [2.05, 4.69) is 27.7 Å². The van der Waals surface area contributed by atoms with Crippen molar-refractivity contribution in [2.24, 2.45) is 11.3 Å². The molecule has 2 rings (SSSR count). The van der Waals surface area contributed by atoms with Crippen molar-refractivity contribution in [3.05, 3.63) is 0 Å². The molecule has 0 aromatic heterocycles. The molecule has 1 heterocycles. The van der Waals surface area contributed by atoms with Crippen LogP contribution in [0.15, 0.2) is 0 Å². The summed E-state index contributed by atoms with van der Waals surface area (Å²) in [5.74, 6) is 0.561. The van der Waals surface area contributed by atoms with E-state index in [0.29, 0.717) is 11.3 Å². The zero-order valence-corrected chi connectivity index (χ0v) is 11.9. The van der Waals surface area contributed by atoms with Crippen LogP contribution in [-0.2, 0) is 14.0 Å². The summed E-state index contributed by atoms with van der Waals surface area (Å²) in [4.78, 5) is 0. The smallest absolute Gasteiger partial charge is 0.384 e. The average Bonchev–Trinajstić information content (AvgIpc) is 2.39. The van der Waals surface area contributed by atoms with Gasteiger partial charge in [0.1, 0.15) is 0 Å². The zero-order chi connectivity index (χ0) is 12.8. The summed E-state index contributed by atoms with van der Waals surface area (Å²) in [6.07, 6.45) is 2.73. The van der Waals surface area contributed by atoms with Gasteiger partial charge < -0.3 is 14.0 Å². The normalized spacial score (nSPS) is 40.8. The van der Waals surface area contributed by atoms with E-state index in [0.717, 1.165) is 0 Å². The Bertz CT molecular complexity index is 292. The van der Waals surface area contributed by atoms with Gasteiger partial charge in [0.15, 0.2) is 0 Å². The van der Waals surface area contributed by atoms with Crippen LogP contribution in [0.1, 0.15) is 54.4 Å². The van der Waals surface area contributed by atoms with Gasteiger partial charge in [0.25, 0.3) is 0 Å². The van der Waals surface area contributed by atoms with Gasteiger partial charge in [0, 0.05) is 6.10 Å². The van der Waals surface area contributed by atoms with Crippen LogP contribution in [0, 0.1) is 11.3 Å². The van der Waals surface area contributed by atoms with Crippen molar-refractivity contribution in [2.75, 3.05) is 0 Å². The lowest BCUT2D eigenvalue weighted by molar-refractivity contribution is -0.105. The van der Waals surface area contributed by atoms with E-state index in [1.54, 1.807) is 0 Å². The monoisotopic (exact) mass is 240 g/mol. The average molecular weight is 240 g/mol. The Labute approximate surface area is 105 Å². The maximum atomic E-state index is 6.07. The van der Waals surface area contributed by atoms with Gasteiger partial charge in [-0.05, 0) is 51.9 Å². The van der Waals surface area contributed by atoms with Crippen molar-refractivity contribution in [3.8, 4) is 0 Å². The van der Waals surface area contributed by atoms with Gasteiger partial charge in [0.05, 0.1) is 11.7 Å². The molecule has 2 unspecified atom stereocenters. The lowest BCUT2D eigenvalue weighted by Crippen LogP contribution is -2.54. The van der Waals surface area contributed by atoms with E-state index in [4.69, 9.17) is 14.0 Å². The van der Waals surface area contributed by atoms with Gasteiger partial charge in [-0.25, -0.2) is 0 Å². The van der Waals surface area contributed by atoms with E-state index in [1.807, 2.05) is 13.8 Å². The molecule has 0 aromatic carbocycles. The molecule has 0 spiro atoms. The number of hydrogen-bond acceptors (Lipinski definition) is 3. The van der Waals surface area contributed by atoms with E-state index in [-0.39, 0.29) is 17.8 Å². The van der Waals surface area contributed by atoms with Gasteiger partial charge >= 0.3 is 7.32 Å². The Morgan fingerprint density at radius 1 is 1.29 bits per heavy atom. The summed E-state index contributed by atoms with van der Waals surface area (Å²) in [7, 11) is -0.494. The predicted molar refractivity (Wildman–Crippen MR) is 68.5 cm³/mol. The highest BCUT2D eigenvalue weighted by atomic mass is 16.8. The van der Waals surface area contributed by atoms with Crippen molar-refractivity contribution in [2.45, 2.75) is 72.2 Å². The van der Waals surface area contributed by atoms with Crippen molar-refractivity contribution < 1.29 is 14.0 Å². The first-order chi connectivity index (χ1) is 7.75. The van der Waals surface area contributed by atoms with Crippen LogP contribution in [0.25, 0.3) is 0 Å². The summed E-state index contributed by atoms with van der Waals surface area (Å²) < 4.78 is 17.5. The van der Waals surface area contributed by atoms with E-state index in [1.165, 1.54) is 12.8 Å². The van der Waals surface area contributed by atoms with Crippen LogP contribution in [0.5, 0.6) is 0 Å².